The Labute approximate surface area is 182 Å². The van der Waals surface area contributed by atoms with E-state index in [9.17, 15) is 5.11 Å². The Morgan fingerprint density at radius 1 is 1.03 bits per heavy atom. The van der Waals surface area contributed by atoms with E-state index in [1.807, 2.05) is 36.1 Å². The summed E-state index contributed by atoms with van der Waals surface area (Å²) in [6.45, 7) is 3.00. The van der Waals surface area contributed by atoms with E-state index in [1.54, 1.807) is 6.20 Å². The summed E-state index contributed by atoms with van der Waals surface area (Å²) >= 11 is 0. The molecule has 6 heteroatoms. The van der Waals surface area contributed by atoms with Crippen LogP contribution in [-0.2, 0) is 20.0 Å². The minimum Gasteiger partial charge on any atom is -0.390 e. The van der Waals surface area contributed by atoms with E-state index >= 15 is 0 Å². The van der Waals surface area contributed by atoms with Gasteiger partial charge in [0.05, 0.1) is 23.5 Å². The number of rotatable bonds is 6. The van der Waals surface area contributed by atoms with Crippen LogP contribution >= 0.6 is 0 Å². The molecule has 1 atom stereocenters. The van der Waals surface area contributed by atoms with Gasteiger partial charge in [-0.2, -0.15) is 0 Å². The quantitative estimate of drug-likeness (QED) is 0.507. The summed E-state index contributed by atoms with van der Waals surface area (Å²) in [7, 11) is 2.00. The fraction of sp³-hybridized carbons (Fsp3) is 0.280. The molecule has 6 nitrogen and oxygen atoms in total. The van der Waals surface area contributed by atoms with Crippen molar-refractivity contribution in [3.8, 4) is 11.1 Å². The third-order valence-corrected chi connectivity index (χ3v) is 6.02. The maximum Gasteiger partial charge on any atom is 0.126 e. The van der Waals surface area contributed by atoms with E-state index < -0.39 is 6.10 Å². The molecule has 0 spiro atoms. The molecule has 2 N–H and O–H groups in total. The summed E-state index contributed by atoms with van der Waals surface area (Å²) in [6.07, 6.45) is 4.22. The number of nitrogens with zero attached hydrogens (tertiary/aromatic N) is 4. The number of aliphatic hydroxyl groups is 1. The topological polar surface area (TPSA) is 66.2 Å². The van der Waals surface area contributed by atoms with Gasteiger partial charge in [0.1, 0.15) is 5.82 Å². The highest BCUT2D eigenvalue weighted by atomic mass is 16.3. The van der Waals surface area contributed by atoms with Crippen LogP contribution in [0.5, 0.6) is 0 Å². The number of aromatic nitrogens is 3. The van der Waals surface area contributed by atoms with Crippen molar-refractivity contribution in [2.45, 2.75) is 19.1 Å². The average Bonchev–Trinajstić information content (AvgIpc) is 3.18. The van der Waals surface area contributed by atoms with Gasteiger partial charge in [-0.1, -0.05) is 30.3 Å². The van der Waals surface area contributed by atoms with Crippen LogP contribution in [0.25, 0.3) is 22.2 Å². The first-order valence-corrected chi connectivity index (χ1v) is 10.7. The molecule has 2 aromatic carbocycles. The summed E-state index contributed by atoms with van der Waals surface area (Å²) in [6, 6.07) is 18.9. The maximum absolute atomic E-state index is 10.6. The van der Waals surface area contributed by atoms with Crippen LogP contribution < -0.4 is 5.32 Å². The Balaban J connectivity index is 1.21. The molecule has 0 saturated heterocycles. The third-order valence-electron chi connectivity index (χ3n) is 6.02. The van der Waals surface area contributed by atoms with E-state index in [1.165, 1.54) is 11.1 Å². The van der Waals surface area contributed by atoms with E-state index in [2.05, 4.69) is 56.6 Å². The Morgan fingerprint density at radius 2 is 1.87 bits per heavy atom. The van der Waals surface area contributed by atoms with Crippen molar-refractivity contribution >= 4 is 16.9 Å². The zero-order valence-electron chi connectivity index (χ0n) is 17.7. The maximum atomic E-state index is 10.6. The zero-order chi connectivity index (χ0) is 21.2. The normalized spacial score (nSPS) is 15.0. The predicted molar refractivity (Wildman–Crippen MR) is 124 cm³/mol. The van der Waals surface area contributed by atoms with Crippen LogP contribution in [0, 0.1) is 0 Å². The molecular formula is C25H27N5O. The van der Waals surface area contributed by atoms with E-state index in [0.29, 0.717) is 13.1 Å². The Bertz CT molecular complexity index is 1200. The molecule has 1 aliphatic rings. The molecule has 0 amide bonds. The second-order valence-corrected chi connectivity index (χ2v) is 8.28. The average molecular weight is 414 g/mol. The van der Waals surface area contributed by atoms with E-state index in [4.69, 9.17) is 0 Å². The summed E-state index contributed by atoms with van der Waals surface area (Å²) in [5.74, 6) is 0.769. The van der Waals surface area contributed by atoms with Gasteiger partial charge < -0.3 is 15.0 Å². The van der Waals surface area contributed by atoms with Crippen LogP contribution in [0.15, 0.2) is 67.1 Å². The van der Waals surface area contributed by atoms with Crippen molar-refractivity contribution in [1.29, 1.82) is 0 Å². The SMILES string of the molecule is Cn1cnc2ccc(-c3ccnc(NC[C@@H](O)CN4CCc5ccccc5C4)c3)cc21. The molecule has 31 heavy (non-hydrogen) atoms. The number of fused-ring (bicyclic) bond motifs is 2. The standard InChI is InChI=1S/C25H27N5O/c1-29-17-28-23-7-6-19(12-24(23)29)20-8-10-26-25(13-20)27-14-22(31)16-30-11-9-18-4-2-3-5-21(18)15-30/h2-8,10,12-13,17,22,31H,9,11,14-16H2,1H3,(H,26,27)/t22-/m1/s1. The predicted octanol–water partition coefficient (Wildman–Crippen LogP) is 3.47. The van der Waals surface area contributed by atoms with Gasteiger partial charge in [-0.15, -0.1) is 0 Å². The van der Waals surface area contributed by atoms with Crippen LogP contribution in [0.2, 0.25) is 0 Å². The van der Waals surface area contributed by atoms with Gasteiger partial charge in [0, 0.05) is 39.4 Å². The highest BCUT2D eigenvalue weighted by Crippen LogP contribution is 2.25. The van der Waals surface area contributed by atoms with Gasteiger partial charge in [0.2, 0.25) is 0 Å². The molecule has 0 fully saturated rings. The Hall–Kier alpha value is -3.22. The lowest BCUT2D eigenvalue weighted by Crippen LogP contribution is -2.39. The van der Waals surface area contributed by atoms with Gasteiger partial charge in [0.15, 0.2) is 0 Å². The highest BCUT2D eigenvalue weighted by Gasteiger charge is 2.18. The number of anilines is 1. The lowest BCUT2D eigenvalue weighted by molar-refractivity contribution is 0.114. The molecular weight excluding hydrogens is 386 g/mol. The van der Waals surface area contributed by atoms with Crippen molar-refractivity contribution < 1.29 is 5.11 Å². The summed E-state index contributed by atoms with van der Waals surface area (Å²) in [4.78, 5) is 11.1. The molecule has 0 aliphatic carbocycles. The smallest absolute Gasteiger partial charge is 0.126 e. The van der Waals surface area contributed by atoms with Crippen LogP contribution in [0.1, 0.15) is 11.1 Å². The van der Waals surface area contributed by atoms with Crippen LogP contribution in [0.4, 0.5) is 5.82 Å². The fourth-order valence-corrected chi connectivity index (χ4v) is 4.31. The molecule has 3 heterocycles. The van der Waals surface area contributed by atoms with Gasteiger partial charge in [-0.25, -0.2) is 9.97 Å². The minimum absolute atomic E-state index is 0.457. The van der Waals surface area contributed by atoms with E-state index in [-0.39, 0.29) is 0 Å². The monoisotopic (exact) mass is 413 g/mol. The number of hydrogen-bond acceptors (Lipinski definition) is 5. The van der Waals surface area contributed by atoms with Crippen molar-refractivity contribution in [3.63, 3.8) is 0 Å². The van der Waals surface area contributed by atoms with Gasteiger partial charge in [-0.3, -0.25) is 4.90 Å². The number of aliphatic hydroxyl groups excluding tert-OH is 1. The number of β-amino-alcohol motifs (C(OH)–C–C–N with tert-alkyl or cyclic N) is 1. The molecule has 5 rings (SSSR count). The number of benzene rings is 2. The lowest BCUT2D eigenvalue weighted by Gasteiger charge is -2.30. The largest absolute Gasteiger partial charge is 0.390 e. The fourth-order valence-electron chi connectivity index (χ4n) is 4.31. The summed E-state index contributed by atoms with van der Waals surface area (Å²) in [5, 5.41) is 13.9. The first-order chi connectivity index (χ1) is 15.2. The van der Waals surface area contributed by atoms with E-state index in [0.717, 1.165) is 47.5 Å². The van der Waals surface area contributed by atoms with Crippen LogP contribution in [0.3, 0.4) is 0 Å². The third kappa shape index (κ3) is 4.31. The van der Waals surface area contributed by atoms with Crippen molar-refractivity contribution in [1.82, 2.24) is 19.4 Å². The first-order valence-electron chi connectivity index (χ1n) is 10.7. The molecule has 4 aromatic rings. The minimum atomic E-state index is -0.457. The first kappa shape index (κ1) is 19.7. The van der Waals surface area contributed by atoms with Crippen molar-refractivity contribution in [2.75, 3.05) is 25.0 Å². The van der Waals surface area contributed by atoms with Crippen LogP contribution in [-0.4, -0.2) is 50.3 Å². The van der Waals surface area contributed by atoms with Gasteiger partial charge in [-0.05, 0) is 52.9 Å². The highest BCUT2D eigenvalue weighted by molar-refractivity contribution is 5.82. The second kappa shape index (κ2) is 8.49. The molecule has 1 aliphatic heterocycles. The Kier molecular flexibility index (Phi) is 5.40. The lowest BCUT2D eigenvalue weighted by atomic mass is 10.00. The van der Waals surface area contributed by atoms with Crippen molar-refractivity contribution in [3.05, 3.63) is 78.2 Å². The zero-order valence-corrected chi connectivity index (χ0v) is 17.7. The number of nitrogens with one attached hydrogen (secondary N) is 1. The van der Waals surface area contributed by atoms with Crippen molar-refractivity contribution in [2.24, 2.45) is 7.05 Å². The molecule has 0 unspecified atom stereocenters. The summed E-state index contributed by atoms with van der Waals surface area (Å²) < 4.78 is 2.02. The number of pyridine rings is 1. The molecule has 158 valence electrons. The van der Waals surface area contributed by atoms with Gasteiger partial charge in [0.25, 0.3) is 0 Å². The molecule has 0 saturated carbocycles. The molecule has 0 radical (unpaired) electrons. The summed E-state index contributed by atoms with van der Waals surface area (Å²) in [5.41, 5.74) is 7.09. The molecule has 2 aromatic heterocycles. The molecule has 0 bridgehead atoms. The Morgan fingerprint density at radius 3 is 2.77 bits per heavy atom. The van der Waals surface area contributed by atoms with Gasteiger partial charge >= 0.3 is 0 Å². The number of imidazole rings is 1. The second-order valence-electron chi connectivity index (χ2n) is 8.28. The number of aryl methyl sites for hydroxylation is 1. The number of hydrogen-bond donors (Lipinski definition) is 2.